The molecule has 1 amide bonds. The van der Waals surface area contributed by atoms with E-state index in [1.807, 2.05) is 0 Å². The maximum absolute atomic E-state index is 12.5. The van der Waals surface area contributed by atoms with Crippen LogP contribution in [0.5, 0.6) is 0 Å². The first-order valence-corrected chi connectivity index (χ1v) is 9.43. The largest absolute Gasteiger partial charge is 0.422 e. The first-order valence-electron chi connectivity index (χ1n) is 8.17. The first-order chi connectivity index (χ1) is 13.0. The summed E-state index contributed by atoms with van der Waals surface area (Å²) in [6.07, 6.45) is 0.317. The monoisotopic (exact) mass is 403 g/mol. The Hall–Kier alpha value is -2.55. The number of anilines is 1. The molecule has 138 valence electrons. The number of fused-ring (bicyclic) bond motifs is 1. The Kier molecular flexibility index (Phi) is 4.55. The lowest BCUT2D eigenvalue weighted by Gasteiger charge is -2.10. The van der Waals surface area contributed by atoms with E-state index in [4.69, 9.17) is 21.1 Å². The summed E-state index contributed by atoms with van der Waals surface area (Å²) in [4.78, 5) is 29.2. The molecule has 1 aromatic carbocycles. The molecular weight excluding hydrogens is 390 g/mol. The normalized spacial score (nSPS) is 17.0. The summed E-state index contributed by atoms with van der Waals surface area (Å²) < 4.78 is 5.34. The Morgan fingerprint density at radius 1 is 1.33 bits per heavy atom. The molecule has 1 N–H and O–H groups in total. The van der Waals surface area contributed by atoms with Crippen molar-refractivity contribution in [1.29, 1.82) is 0 Å². The lowest BCUT2D eigenvalue weighted by Crippen LogP contribution is -2.27. The molecule has 0 saturated heterocycles. The molecule has 1 unspecified atom stereocenters. The van der Waals surface area contributed by atoms with Crippen molar-refractivity contribution in [1.82, 2.24) is 4.98 Å². The second-order valence-corrected chi connectivity index (χ2v) is 7.37. The summed E-state index contributed by atoms with van der Waals surface area (Å²) in [6, 6.07) is 6.65. The number of aromatic nitrogens is 1. The van der Waals surface area contributed by atoms with Crippen molar-refractivity contribution in [3.63, 3.8) is 0 Å². The van der Waals surface area contributed by atoms with E-state index < -0.39 is 11.5 Å². The molecule has 7 nitrogen and oxygen atoms in total. The van der Waals surface area contributed by atoms with Crippen LogP contribution in [0.25, 0.3) is 22.2 Å². The van der Waals surface area contributed by atoms with Gasteiger partial charge in [-0.2, -0.15) is 10.1 Å². The summed E-state index contributed by atoms with van der Waals surface area (Å²) in [5, 5.41) is 17.8. The van der Waals surface area contributed by atoms with Crippen LogP contribution in [0, 0.1) is 5.92 Å². The molecule has 9 heteroatoms. The highest BCUT2D eigenvalue weighted by Crippen LogP contribution is 2.32. The van der Waals surface area contributed by atoms with Crippen LogP contribution in [0.1, 0.15) is 13.3 Å². The number of carbonyl (C=O) groups is 1. The highest BCUT2D eigenvalue weighted by Gasteiger charge is 2.35. The average Bonchev–Trinajstić information content (AvgIpc) is 3.22. The van der Waals surface area contributed by atoms with E-state index in [0.717, 1.165) is 0 Å². The molecule has 27 heavy (non-hydrogen) atoms. The van der Waals surface area contributed by atoms with Crippen molar-refractivity contribution in [2.75, 3.05) is 11.6 Å². The van der Waals surface area contributed by atoms with E-state index in [1.165, 1.54) is 16.3 Å². The fourth-order valence-corrected chi connectivity index (χ4v) is 3.92. The van der Waals surface area contributed by atoms with E-state index in [9.17, 15) is 9.59 Å². The van der Waals surface area contributed by atoms with E-state index >= 15 is 0 Å². The van der Waals surface area contributed by atoms with E-state index in [1.54, 1.807) is 36.6 Å². The molecule has 1 atom stereocenters. The molecule has 4 rings (SSSR count). The molecule has 0 saturated carbocycles. The van der Waals surface area contributed by atoms with Gasteiger partial charge in [-0.1, -0.05) is 11.6 Å². The molecule has 2 aromatic heterocycles. The van der Waals surface area contributed by atoms with Gasteiger partial charge in [0.15, 0.2) is 0 Å². The van der Waals surface area contributed by atoms with E-state index in [2.05, 4.69) is 10.1 Å². The maximum Gasteiger partial charge on any atom is 0.345 e. The molecule has 1 aliphatic heterocycles. The van der Waals surface area contributed by atoms with Crippen molar-refractivity contribution >= 4 is 50.7 Å². The van der Waals surface area contributed by atoms with Crippen molar-refractivity contribution < 1.29 is 14.3 Å². The SMILES string of the molecule is CC1=NN(c2nc(-c3cc4cc(Cl)ccc4oc3=O)cs2)C(=O)C1CCO. The van der Waals surface area contributed by atoms with Gasteiger partial charge in [0.1, 0.15) is 5.58 Å². The Labute approximate surface area is 162 Å². The van der Waals surface area contributed by atoms with Gasteiger partial charge >= 0.3 is 5.63 Å². The standard InChI is InChI=1S/C18H14ClN3O4S/c1-9-12(4-5-23)16(24)22(21-9)18-20-14(8-27-18)13-7-10-6-11(19)2-3-15(10)26-17(13)25/h2-3,6-8,12,23H,4-5H2,1H3. The zero-order valence-corrected chi connectivity index (χ0v) is 15.8. The zero-order chi connectivity index (χ0) is 19.1. The number of carbonyl (C=O) groups excluding carboxylic acids is 1. The number of hydrogen-bond donors (Lipinski definition) is 1. The minimum Gasteiger partial charge on any atom is -0.422 e. The van der Waals surface area contributed by atoms with Crippen molar-refractivity contribution in [2.45, 2.75) is 13.3 Å². The number of thiazole rings is 1. The van der Waals surface area contributed by atoms with Crippen LogP contribution in [0.4, 0.5) is 5.13 Å². The van der Waals surface area contributed by atoms with E-state index in [-0.39, 0.29) is 18.1 Å². The summed E-state index contributed by atoms with van der Waals surface area (Å²) >= 11 is 7.21. The zero-order valence-electron chi connectivity index (χ0n) is 14.2. The third-order valence-corrected chi connectivity index (χ3v) is 5.38. The average molecular weight is 404 g/mol. The molecule has 0 fully saturated rings. The minimum atomic E-state index is -0.521. The van der Waals surface area contributed by atoms with Gasteiger partial charge in [-0.3, -0.25) is 4.79 Å². The number of hydrazone groups is 1. The number of aliphatic hydroxyl groups excluding tert-OH is 1. The topological polar surface area (TPSA) is 96.0 Å². The molecule has 0 bridgehead atoms. The van der Waals surface area contributed by atoms with Gasteiger partial charge in [-0.25, -0.2) is 9.78 Å². The van der Waals surface area contributed by atoms with Crippen molar-refractivity contribution in [2.24, 2.45) is 11.0 Å². The van der Waals surface area contributed by atoms with Crippen LogP contribution < -0.4 is 10.6 Å². The van der Waals surface area contributed by atoms with Gasteiger partial charge in [0.05, 0.1) is 17.2 Å². The summed E-state index contributed by atoms with van der Waals surface area (Å²) in [6.45, 7) is 1.65. The molecule has 3 heterocycles. The van der Waals surface area contributed by atoms with Crippen LogP contribution >= 0.6 is 22.9 Å². The van der Waals surface area contributed by atoms with Gasteiger partial charge in [0.2, 0.25) is 5.13 Å². The summed E-state index contributed by atoms with van der Waals surface area (Å²) in [7, 11) is 0. The number of amides is 1. The maximum atomic E-state index is 12.5. The minimum absolute atomic E-state index is 0.0963. The third kappa shape index (κ3) is 3.16. The fraction of sp³-hybridized carbons (Fsp3) is 0.222. The van der Waals surface area contributed by atoms with Crippen LogP contribution in [0.15, 0.2) is 44.0 Å². The van der Waals surface area contributed by atoms with Gasteiger partial charge < -0.3 is 9.52 Å². The Morgan fingerprint density at radius 2 is 2.15 bits per heavy atom. The summed E-state index contributed by atoms with van der Waals surface area (Å²) in [5.41, 5.74) is 1.23. The lowest BCUT2D eigenvalue weighted by atomic mass is 10.0. The Bertz CT molecular complexity index is 1140. The molecule has 0 spiro atoms. The second-order valence-electron chi connectivity index (χ2n) is 6.10. The van der Waals surface area contributed by atoms with Gasteiger partial charge in [-0.05, 0) is 37.6 Å². The quantitative estimate of drug-likeness (QED) is 0.674. The van der Waals surface area contributed by atoms with E-state index in [0.29, 0.717) is 38.9 Å². The highest BCUT2D eigenvalue weighted by atomic mass is 35.5. The lowest BCUT2D eigenvalue weighted by molar-refractivity contribution is -0.120. The second kappa shape index (κ2) is 6.88. The Balaban J connectivity index is 1.71. The summed E-state index contributed by atoms with van der Waals surface area (Å²) in [5.74, 6) is -0.685. The van der Waals surface area contributed by atoms with Crippen LogP contribution in [-0.2, 0) is 4.79 Å². The molecule has 0 radical (unpaired) electrons. The number of aliphatic hydroxyl groups is 1. The number of halogens is 1. The molecule has 0 aliphatic carbocycles. The molecule has 3 aromatic rings. The van der Waals surface area contributed by atoms with Crippen molar-refractivity contribution in [3.8, 4) is 11.3 Å². The first kappa shape index (κ1) is 17.8. The van der Waals surface area contributed by atoms with Crippen LogP contribution in [0.2, 0.25) is 5.02 Å². The predicted octanol–water partition coefficient (Wildman–Crippen LogP) is 3.29. The highest BCUT2D eigenvalue weighted by molar-refractivity contribution is 7.14. The number of rotatable bonds is 4. The third-order valence-electron chi connectivity index (χ3n) is 4.33. The molecular formula is C18H14ClN3O4S. The Morgan fingerprint density at radius 3 is 2.93 bits per heavy atom. The van der Waals surface area contributed by atoms with Crippen LogP contribution in [0.3, 0.4) is 0 Å². The van der Waals surface area contributed by atoms with Gasteiger partial charge in [-0.15, -0.1) is 11.3 Å². The predicted molar refractivity (Wildman–Crippen MR) is 104 cm³/mol. The number of hydrogen-bond acceptors (Lipinski definition) is 7. The van der Waals surface area contributed by atoms with Gasteiger partial charge in [0, 0.05) is 28.1 Å². The number of nitrogens with zero attached hydrogens (tertiary/aromatic N) is 3. The smallest absolute Gasteiger partial charge is 0.345 e. The van der Waals surface area contributed by atoms with Gasteiger partial charge in [0.25, 0.3) is 5.91 Å². The fourth-order valence-electron chi connectivity index (χ4n) is 2.96. The number of benzene rings is 1. The molecule has 1 aliphatic rings. The van der Waals surface area contributed by atoms with Crippen LogP contribution in [-0.4, -0.2) is 28.3 Å². The van der Waals surface area contributed by atoms with Crippen molar-refractivity contribution in [3.05, 3.63) is 45.1 Å².